The van der Waals surface area contributed by atoms with Crippen LogP contribution in [0.25, 0.3) is 60.6 Å². The minimum Gasteiger partial charge on any atom is -0.309 e. The maximum Gasteiger partial charge on any atom is 0.101 e. The van der Waals surface area contributed by atoms with E-state index in [0.29, 0.717) is 23.1 Å². The third kappa shape index (κ3) is 4.37. The van der Waals surface area contributed by atoms with Gasteiger partial charge in [0, 0.05) is 38.7 Å². The van der Waals surface area contributed by atoms with Gasteiger partial charge in [0.05, 0.1) is 50.5 Å². The smallest absolute Gasteiger partial charge is 0.101 e. The number of nitrogens with zero attached hydrogens (tertiary/aromatic N) is 5. The zero-order valence-electron chi connectivity index (χ0n) is 26.9. The zero-order valence-corrected chi connectivity index (χ0v) is 26.9. The second-order valence-corrected chi connectivity index (χ2v) is 12.6. The number of para-hydroxylation sites is 3. The number of allylic oxidation sites excluding steroid dienone is 4. The number of benzene rings is 6. The molecule has 5 heteroatoms. The van der Waals surface area contributed by atoms with E-state index in [-0.39, 0.29) is 5.92 Å². The lowest BCUT2D eigenvalue weighted by atomic mass is 9.83. The average molecular weight is 638 g/mol. The van der Waals surface area contributed by atoms with Crippen molar-refractivity contribution in [3.05, 3.63) is 173 Å². The molecular weight excluding hydrogens is 611 g/mol. The molecule has 0 aliphatic heterocycles. The molecule has 6 aromatic carbocycles. The maximum atomic E-state index is 10.5. The zero-order chi connectivity index (χ0) is 33.8. The van der Waals surface area contributed by atoms with Crippen LogP contribution in [0.4, 0.5) is 0 Å². The van der Waals surface area contributed by atoms with Crippen molar-refractivity contribution in [2.45, 2.75) is 12.3 Å². The van der Waals surface area contributed by atoms with Crippen LogP contribution in [0, 0.1) is 34.0 Å². The van der Waals surface area contributed by atoms with E-state index < -0.39 is 0 Å². The molecular formula is C45H27N5. The fourth-order valence-corrected chi connectivity index (χ4v) is 7.77. The predicted molar refractivity (Wildman–Crippen MR) is 200 cm³/mol. The van der Waals surface area contributed by atoms with Crippen molar-refractivity contribution in [2.75, 3.05) is 0 Å². The topological polar surface area (TPSA) is 81.2 Å². The maximum absolute atomic E-state index is 10.5. The summed E-state index contributed by atoms with van der Waals surface area (Å²) in [6.45, 7) is 0. The van der Waals surface area contributed by atoms with E-state index in [2.05, 4.69) is 118 Å². The molecule has 0 spiro atoms. The first kappa shape index (κ1) is 29.0. The van der Waals surface area contributed by atoms with Crippen LogP contribution in [0.15, 0.2) is 146 Å². The molecule has 0 amide bonds. The quantitative estimate of drug-likeness (QED) is 0.193. The number of hydrogen-bond acceptors (Lipinski definition) is 3. The number of hydrogen-bond donors (Lipinski definition) is 0. The summed E-state index contributed by atoms with van der Waals surface area (Å²) >= 11 is 0. The van der Waals surface area contributed by atoms with Crippen LogP contribution < -0.4 is 0 Å². The van der Waals surface area contributed by atoms with Crippen LogP contribution >= 0.6 is 0 Å². The van der Waals surface area contributed by atoms with Crippen LogP contribution in [-0.2, 0) is 0 Å². The summed E-state index contributed by atoms with van der Waals surface area (Å²) < 4.78 is 4.50. The molecule has 0 bridgehead atoms. The Morgan fingerprint density at radius 3 is 1.86 bits per heavy atom. The highest BCUT2D eigenvalue weighted by atomic mass is 15.0. The SMILES string of the molecule is N#Cc1ccc2c(c1)c1ccccc1n2-c1cccc(C2=CCC(c3c(-n4c5ccccc5c5ccccc54)ccc(C#N)c3C#N)C=C2)c1. The summed E-state index contributed by atoms with van der Waals surface area (Å²) in [5, 5.41) is 34.5. The normalized spacial score (nSPS) is 14.1. The van der Waals surface area contributed by atoms with Crippen LogP contribution in [0.3, 0.4) is 0 Å². The molecule has 1 unspecified atom stereocenters. The van der Waals surface area contributed by atoms with Crippen molar-refractivity contribution in [1.29, 1.82) is 15.8 Å². The fraction of sp³-hybridized carbons (Fsp3) is 0.0444. The van der Waals surface area contributed by atoms with Gasteiger partial charge in [-0.05, 0) is 78.2 Å². The van der Waals surface area contributed by atoms with Crippen LogP contribution in [0.5, 0.6) is 0 Å². The van der Waals surface area contributed by atoms with Gasteiger partial charge in [-0.15, -0.1) is 0 Å². The first-order chi connectivity index (χ1) is 24.7. The Bertz CT molecular complexity index is 2840. The van der Waals surface area contributed by atoms with Crippen LogP contribution in [0.2, 0.25) is 0 Å². The molecule has 8 aromatic rings. The molecule has 50 heavy (non-hydrogen) atoms. The Hall–Kier alpha value is -7.13. The summed E-state index contributed by atoms with van der Waals surface area (Å²) in [6, 6.07) is 50.1. The van der Waals surface area contributed by atoms with Gasteiger partial charge in [0.2, 0.25) is 0 Å². The second-order valence-electron chi connectivity index (χ2n) is 12.6. The summed E-state index contributed by atoms with van der Waals surface area (Å²) in [4.78, 5) is 0. The second kappa shape index (κ2) is 11.5. The summed E-state index contributed by atoms with van der Waals surface area (Å²) in [5.74, 6) is -0.105. The average Bonchev–Trinajstić information content (AvgIpc) is 3.70. The molecule has 1 aliphatic carbocycles. The Kier molecular flexibility index (Phi) is 6.70. The van der Waals surface area contributed by atoms with Gasteiger partial charge in [0.1, 0.15) is 12.1 Å². The standard InChI is InChI=1S/C45H27N5/c46-26-29-16-22-43-38(24-29)37-12-3-4-13-40(37)49(43)34-9-7-8-32(25-34)30-17-19-31(20-18-30)45-39(28-48)33(27-47)21-23-44(45)50-41-14-5-1-10-35(41)36-11-2-6-15-42(36)50/h1-19,21-25,31H,20H2. The first-order valence-corrected chi connectivity index (χ1v) is 16.6. The van der Waals surface area contributed by atoms with Gasteiger partial charge in [-0.1, -0.05) is 85.0 Å². The fourth-order valence-electron chi connectivity index (χ4n) is 7.77. The van der Waals surface area contributed by atoms with E-state index in [9.17, 15) is 15.8 Å². The third-order valence-corrected chi connectivity index (χ3v) is 9.99. The molecule has 1 aliphatic rings. The molecule has 0 saturated heterocycles. The minimum atomic E-state index is -0.105. The lowest BCUT2D eigenvalue weighted by Crippen LogP contribution is -2.09. The van der Waals surface area contributed by atoms with Crippen LogP contribution in [-0.4, -0.2) is 9.13 Å². The summed E-state index contributed by atoms with van der Waals surface area (Å²) in [7, 11) is 0. The van der Waals surface area contributed by atoms with Gasteiger partial charge in [-0.2, -0.15) is 15.8 Å². The van der Waals surface area contributed by atoms with Crippen molar-refractivity contribution in [2.24, 2.45) is 0 Å². The van der Waals surface area contributed by atoms with Crippen molar-refractivity contribution >= 4 is 49.2 Å². The molecule has 0 radical (unpaired) electrons. The molecule has 2 heterocycles. The van der Waals surface area contributed by atoms with E-state index in [4.69, 9.17) is 0 Å². The summed E-state index contributed by atoms with van der Waals surface area (Å²) in [5.41, 5.74) is 10.7. The molecule has 232 valence electrons. The summed E-state index contributed by atoms with van der Waals surface area (Å²) in [6.07, 6.45) is 7.25. The van der Waals surface area contributed by atoms with E-state index in [1.54, 1.807) is 6.07 Å². The Morgan fingerprint density at radius 2 is 1.22 bits per heavy atom. The van der Waals surface area contributed by atoms with E-state index in [1.165, 1.54) is 0 Å². The lowest BCUT2D eigenvalue weighted by molar-refractivity contribution is 0.841. The van der Waals surface area contributed by atoms with Gasteiger partial charge in [0.15, 0.2) is 0 Å². The number of rotatable bonds is 4. The number of nitriles is 3. The first-order valence-electron chi connectivity index (χ1n) is 16.6. The van der Waals surface area contributed by atoms with Crippen molar-refractivity contribution in [3.8, 4) is 29.6 Å². The third-order valence-electron chi connectivity index (χ3n) is 9.99. The van der Waals surface area contributed by atoms with Gasteiger partial charge >= 0.3 is 0 Å². The van der Waals surface area contributed by atoms with Crippen LogP contribution in [0.1, 0.15) is 40.2 Å². The highest BCUT2D eigenvalue weighted by Crippen LogP contribution is 2.41. The Labute approximate surface area is 288 Å². The van der Waals surface area contributed by atoms with Gasteiger partial charge in [-0.3, -0.25) is 0 Å². The number of aromatic nitrogens is 2. The molecule has 0 fully saturated rings. The molecule has 1 atom stereocenters. The van der Waals surface area contributed by atoms with E-state index in [1.807, 2.05) is 48.5 Å². The van der Waals surface area contributed by atoms with Gasteiger partial charge in [0.25, 0.3) is 0 Å². The lowest BCUT2D eigenvalue weighted by Gasteiger charge is -2.23. The molecule has 0 saturated carbocycles. The Morgan fingerprint density at radius 1 is 0.560 bits per heavy atom. The van der Waals surface area contributed by atoms with Crippen molar-refractivity contribution in [1.82, 2.24) is 9.13 Å². The Balaban J connectivity index is 1.14. The molecule has 0 N–H and O–H groups in total. The molecule has 5 nitrogen and oxygen atoms in total. The molecule has 9 rings (SSSR count). The van der Waals surface area contributed by atoms with Gasteiger partial charge in [-0.25, -0.2) is 0 Å². The minimum absolute atomic E-state index is 0.105. The van der Waals surface area contributed by atoms with E-state index in [0.717, 1.165) is 71.7 Å². The van der Waals surface area contributed by atoms with Crippen molar-refractivity contribution in [3.63, 3.8) is 0 Å². The van der Waals surface area contributed by atoms with Gasteiger partial charge < -0.3 is 9.13 Å². The largest absolute Gasteiger partial charge is 0.309 e. The van der Waals surface area contributed by atoms with E-state index >= 15 is 0 Å². The van der Waals surface area contributed by atoms with Crippen molar-refractivity contribution < 1.29 is 0 Å². The molecule has 2 aromatic heterocycles. The highest BCUT2D eigenvalue weighted by Gasteiger charge is 2.25. The highest BCUT2D eigenvalue weighted by molar-refractivity contribution is 6.10. The number of fused-ring (bicyclic) bond motifs is 6. The monoisotopic (exact) mass is 637 g/mol. The predicted octanol–water partition coefficient (Wildman–Crippen LogP) is 10.6.